The Morgan fingerprint density at radius 2 is 1.68 bits per heavy atom. The molecule has 0 spiro atoms. The number of amides is 3. The smallest absolute Gasteiger partial charge is 0.361 e. The standard InChI is InChI=1S/C21H25F3N4O3/c1-13(16-4-6-17(7-5-16)21(22,23)24)25-20(30)28-10-8-27(9-11-28)19(29)12-18-14(2)26-31-15(18)3/h4-7,13H,8-12H2,1-3H3,(H,25,30). The highest BCUT2D eigenvalue weighted by atomic mass is 19.4. The molecule has 31 heavy (non-hydrogen) atoms. The van der Waals surface area contributed by atoms with Crippen LogP contribution in [0.25, 0.3) is 0 Å². The molecule has 168 valence electrons. The van der Waals surface area contributed by atoms with Crippen molar-refractivity contribution in [2.45, 2.75) is 39.4 Å². The van der Waals surface area contributed by atoms with Crippen molar-refractivity contribution in [3.63, 3.8) is 0 Å². The van der Waals surface area contributed by atoms with Gasteiger partial charge in [-0.3, -0.25) is 4.79 Å². The first-order valence-electron chi connectivity index (χ1n) is 9.98. The maximum absolute atomic E-state index is 12.7. The zero-order valence-corrected chi connectivity index (χ0v) is 17.6. The maximum Gasteiger partial charge on any atom is 0.416 e. The summed E-state index contributed by atoms with van der Waals surface area (Å²) in [5.41, 5.74) is 1.33. The van der Waals surface area contributed by atoms with Gasteiger partial charge in [0, 0.05) is 31.7 Å². The summed E-state index contributed by atoms with van der Waals surface area (Å²) in [6.07, 6.45) is -4.19. The van der Waals surface area contributed by atoms with Gasteiger partial charge in [-0.1, -0.05) is 17.3 Å². The number of nitrogens with zero attached hydrogens (tertiary/aromatic N) is 3. The Kier molecular flexibility index (Phi) is 6.56. The fourth-order valence-electron chi connectivity index (χ4n) is 3.50. The van der Waals surface area contributed by atoms with E-state index in [0.717, 1.165) is 17.7 Å². The van der Waals surface area contributed by atoms with Crippen molar-refractivity contribution in [3.05, 3.63) is 52.4 Å². The SMILES string of the molecule is Cc1noc(C)c1CC(=O)N1CCN(C(=O)NC(C)c2ccc(C(F)(F)F)cc2)CC1. The van der Waals surface area contributed by atoms with E-state index >= 15 is 0 Å². The van der Waals surface area contributed by atoms with Gasteiger partial charge in [0.2, 0.25) is 5.91 Å². The lowest BCUT2D eigenvalue weighted by molar-refractivity contribution is -0.137. The minimum atomic E-state index is -4.40. The number of hydrogen-bond acceptors (Lipinski definition) is 4. The van der Waals surface area contributed by atoms with Gasteiger partial charge in [0.15, 0.2) is 0 Å². The highest BCUT2D eigenvalue weighted by Gasteiger charge is 2.30. The van der Waals surface area contributed by atoms with Gasteiger partial charge in [-0.15, -0.1) is 0 Å². The highest BCUT2D eigenvalue weighted by Crippen LogP contribution is 2.30. The van der Waals surface area contributed by atoms with Crippen LogP contribution in [0.15, 0.2) is 28.8 Å². The molecule has 1 aliphatic heterocycles. The summed E-state index contributed by atoms with van der Waals surface area (Å²) >= 11 is 0. The van der Waals surface area contributed by atoms with Crippen molar-refractivity contribution in [1.29, 1.82) is 0 Å². The third-order valence-corrected chi connectivity index (χ3v) is 5.51. The van der Waals surface area contributed by atoms with Crippen LogP contribution in [-0.4, -0.2) is 53.1 Å². The summed E-state index contributed by atoms with van der Waals surface area (Å²) in [5, 5.41) is 6.66. The summed E-state index contributed by atoms with van der Waals surface area (Å²) in [4.78, 5) is 28.4. The summed E-state index contributed by atoms with van der Waals surface area (Å²) in [5.74, 6) is 0.577. The van der Waals surface area contributed by atoms with E-state index in [9.17, 15) is 22.8 Å². The number of rotatable bonds is 4. The minimum absolute atomic E-state index is 0.0485. The zero-order chi connectivity index (χ0) is 22.8. The van der Waals surface area contributed by atoms with Crippen LogP contribution in [0.5, 0.6) is 0 Å². The predicted octanol–water partition coefficient (Wildman–Crippen LogP) is 3.47. The van der Waals surface area contributed by atoms with Crippen LogP contribution in [0.1, 0.15) is 41.1 Å². The summed E-state index contributed by atoms with van der Waals surface area (Å²) in [6, 6.07) is 3.96. The van der Waals surface area contributed by atoms with Crippen LogP contribution >= 0.6 is 0 Å². The number of hydrogen-bond donors (Lipinski definition) is 1. The third kappa shape index (κ3) is 5.36. The van der Waals surface area contributed by atoms with Crippen LogP contribution in [0.4, 0.5) is 18.0 Å². The van der Waals surface area contributed by atoms with Crippen LogP contribution in [0.2, 0.25) is 0 Å². The number of benzene rings is 1. The first-order chi connectivity index (χ1) is 14.6. The fourth-order valence-corrected chi connectivity index (χ4v) is 3.50. The Balaban J connectivity index is 1.50. The molecule has 1 aliphatic rings. The summed E-state index contributed by atoms with van der Waals surface area (Å²) < 4.78 is 43.2. The number of piperazine rings is 1. The fraction of sp³-hybridized carbons (Fsp3) is 0.476. The first-order valence-corrected chi connectivity index (χ1v) is 9.98. The van der Waals surface area contributed by atoms with Gasteiger partial charge in [0.05, 0.1) is 23.7 Å². The number of urea groups is 1. The van der Waals surface area contributed by atoms with Crippen LogP contribution in [0, 0.1) is 13.8 Å². The van der Waals surface area contributed by atoms with Crippen molar-refractivity contribution in [2.75, 3.05) is 26.2 Å². The molecule has 1 N–H and O–H groups in total. The number of carbonyl (C=O) groups excluding carboxylic acids is 2. The van der Waals surface area contributed by atoms with E-state index in [1.165, 1.54) is 12.1 Å². The monoisotopic (exact) mass is 438 g/mol. The zero-order valence-electron chi connectivity index (χ0n) is 17.6. The molecule has 1 atom stereocenters. The van der Waals surface area contributed by atoms with Crippen molar-refractivity contribution in [1.82, 2.24) is 20.3 Å². The molecule has 0 saturated carbocycles. The van der Waals surface area contributed by atoms with E-state index < -0.39 is 17.8 Å². The lowest BCUT2D eigenvalue weighted by atomic mass is 10.1. The van der Waals surface area contributed by atoms with Gasteiger partial charge >= 0.3 is 12.2 Å². The second-order valence-corrected chi connectivity index (χ2v) is 7.64. The van der Waals surface area contributed by atoms with Crippen molar-refractivity contribution in [3.8, 4) is 0 Å². The molecule has 10 heteroatoms. The molecule has 3 rings (SSSR count). The van der Waals surface area contributed by atoms with Crippen molar-refractivity contribution < 1.29 is 27.3 Å². The number of nitrogens with one attached hydrogen (secondary N) is 1. The average Bonchev–Trinajstić information content (AvgIpc) is 3.05. The normalized spacial score (nSPS) is 15.7. The number of alkyl halides is 3. The van der Waals surface area contributed by atoms with Gasteiger partial charge in [-0.2, -0.15) is 13.2 Å². The van der Waals surface area contributed by atoms with Crippen LogP contribution < -0.4 is 5.32 Å². The molecule has 7 nitrogen and oxygen atoms in total. The molecule has 1 fully saturated rings. The largest absolute Gasteiger partial charge is 0.416 e. The van der Waals surface area contributed by atoms with Gasteiger partial charge in [0.25, 0.3) is 0 Å². The Labute approximate surface area is 178 Å². The Hall–Kier alpha value is -3.04. The van der Waals surface area contributed by atoms with E-state index in [4.69, 9.17) is 4.52 Å². The second kappa shape index (κ2) is 8.99. The number of aryl methyl sites for hydroxylation is 2. The molecule has 1 aromatic heterocycles. The predicted molar refractivity (Wildman–Crippen MR) is 106 cm³/mol. The molecule has 2 aromatic rings. The number of carbonyl (C=O) groups is 2. The molecule has 0 bridgehead atoms. The molecular weight excluding hydrogens is 413 g/mol. The van der Waals surface area contributed by atoms with Gasteiger partial charge in [0.1, 0.15) is 5.76 Å². The van der Waals surface area contributed by atoms with E-state index in [1.807, 2.05) is 0 Å². The number of aromatic nitrogens is 1. The molecule has 1 aromatic carbocycles. The summed E-state index contributed by atoms with van der Waals surface area (Å²) in [6.45, 7) is 6.83. The van der Waals surface area contributed by atoms with Gasteiger partial charge in [-0.05, 0) is 38.5 Å². The van der Waals surface area contributed by atoms with Crippen LogP contribution in [0.3, 0.4) is 0 Å². The Morgan fingerprint density at radius 1 is 1.10 bits per heavy atom. The minimum Gasteiger partial charge on any atom is -0.361 e. The average molecular weight is 438 g/mol. The lowest BCUT2D eigenvalue weighted by Crippen LogP contribution is -2.53. The maximum atomic E-state index is 12.7. The van der Waals surface area contributed by atoms with Crippen molar-refractivity contribution in [2.24, 2.45) is 0 Å². The van der Waals surface area contributed by atoms with E-state index in [1.54, 1.807) is 30.6 Å². The van der Waals surface area contributed by atoms with Crippen molar-refractivity contribution >= 4 is 11.9 Å². The third-order valence-electron chi connectivity index (χ3n) is 5.51. The molecule has 3 amide bonds. The molecule has 1 saturated heterocycles. The second-order valence-electron chi connectivity index (χ2n) is 7.64. The molecule has 2 heterocycles. The molecular formula is C21H25F3N4O3. The number of halogens is 3. The first kappa shape index (κ1) is 22.6. The Morgan fingerprint density at radius 3 is 2.19 bits per heavy atom. The Bertz CT molecular complexity index is 913. The molecule has 0 radical (unpaired) electrons. The lowest BCUT2D eigenvalue weighted by Gasteiger charge is -2.35. The highest BCUT2D eigenvalue weighted by molar-refractivity contribution is 5.80. The molecule has 0 aliphatic carbocycles. The van der Waals surface area contributed by atoms with Crippen LogP contribution in [-0.2, 0) is 17.4 Å². The van der Waals surface area contributed by atoms with Gasteiger partial charge < -0.3 is 19.6 Å². The van der Waals surface area contributed by atoms with Gasteiger partial charge in [-0.25, -0.2) is 4.79 Å². The van der Waals surface area contributed by atoms with E-state index in [-0.39, 0.29) is 18.4 Å². The quantitative estimate of drug-likeness (QED) is 0.793. The molecule has 1 unspecified atom stereocenters. The van der Waals surface area contributed by atoms with E-state index in [0.29, 0.717) is 43.2 Å². The van der Waals surface area contributed by atoms with E-state index in [2.05, 4.69) is 10.5 Å². The topological polar surface area (TPSA) is 78.7 Å². The summed E-state index contributed by atoms with van der Waals surface area (Å²) in [7, 11) is 0.